The molecule has 0 saturated heterocycles. The van der Waals surface area contributed by atoms with Crippen LogP contribution >= 0.6 is 0 Å². The van der Waals surface area contributed by atoms with E-state index in [9.17, 15) is 14.4 Å². The van der Waals surface area contributed by atoms with Crippen LogP contribution in [0.5, 0.6) is 0 Å². The fourth-order valence-electron chi connectivity index (χ4n) is 6.56. The largest absolute Gasteiger partial charge is 0.462 e. The van der Waals surface area contributed by atoms with Crippen molar-refractivity contribution >= 4 is 17.9 Å². The number of carbonyl (C=O) groups excluding carboxylic acids is 3. The Morgan fingerprint density at radius 3 is 1.11 bits per heavy atom. The van der Waals surface area contributed by atoms with E-state index < -0.39 is 6.10 Å². The average Bonchev–Trinajstić information content (AvgIpc) is 3.27. The van der Waals surface area contributed by atoms with Gasteiger partial charge in [-0.3, -0.25) is 14.4 Å². The van der Waals surface area contributed by atoms with E-state index in [1.54, 1.807) is 0 Å². The Bertz CT molecular complexity index is 1260. The van der Waals surface area contributed by atoms with Gasteiger partial charge in [0.25, 0.3) is 0 Å². The molecule has 0 saturated carbocycles. The Morgan fingerprint density at radius 1 is 0.339 bits per heavy atom. The number of rotatable bonds is 44. The van der Waals surface area contributed by atoms with Crippen molar-refractivity contribution in [3.8, 4) is 0 Å². The highest BCUT2D eigenvalue weighted by Gasteiger charge is 2.19. The third-order valence-corrected chi connectivity index (χ3v) is 10.3. The summed E-state index contributed by atoms with van der Waals surface area (Å²) in [6, 6.07) is 0. The molecule has 0 aromatic rings. The van der Waals surface area contributed by atoms with Gasteiger partial charge in [0, 0.05) is 19.3 Å². The third-order valence-electron chi connectivity index (χ3n) is 10.3. The average molecular weight is 861 g/mol. The highest BCUT2D eigenvalue weighted by Crippen LogP contribution is 2.13. The van der Waals surface area contributed by atoms with Crippen LogP contribution < -0.4 is 0 Å². The maximum absolute atomic E-state index is 12.8. The summed E-state index contributed by atoms with van der Waals surface area (Å²) in [6.45, 7) is 6.39. The Morgan fingerprint density at radius 2 is 0.661 bits per heavy atom. The normalized spacial score (nSPS) is 12.9. The zero-order valence-corrected chi connectivity index (χ0v) is 40.1. The van der Waals surface area contributed by atoms with Gasteiger partial charge in [-0.25, -0.2) is 0 Å². The lowest BCUT2D eigenvalue weighted by Crippen LogP contribution is -2.30. The molecule has 0 aromatic carbocycles. The first kappa shape index (κ1) is 58.3. The van der Waals surface area contributed by atoms with Crippen molar-refractivity contribution in [2.75, 3.05) is 13.2 Å². The molecule has 0 radical (unpaired) electrons. The predicted octanol–water partition coefficient (Wildman–Crippen LogP) is 16.6. The lowest BCUT2D eigenvalue weighted by Gasteiger charge is -2.18. The molecule has 0 amide bonds. The van der Waals surface area contributed by atoms with Crippen LogP contribution in [-0.4, -0.2) is 37.2 Å². The molecule has 0 aromatic heterocycles. The standard InChI is InChI=1S/C56H92O6/c1-4-7-10-13-16-19-22-24-26-27-28-29-31-32-34-37-40-43-46-49-55(58)61-52-53(51-60-54(57)48-45-42-39-36-21-18-15-12-9-6-3)62-56(59)50-47-44-41-38-35-33-30-25-23-20-17-14-11-8-5-2/h7,10,16-17,19-20,24-26,28-30,32,34,40,43,53H,4-6,8-9,11-15,18,21-23,27,31,33,35-39,41-42,44-52H2,1-3H3/b10-7-,19-16-,20-17-,26-24-,29-28-,30-25-,34-32-,43-40-/t53-/m1/s1. The molecular formula is C56H92O6. The SMILES string of the molecule is CC/C=C\C/C=C\C/C=C\C/C=C\C/C=C\C/C=C\CCC(=O)OC[C@@H](COC(=O)CCCCCCCCCCCC)OC(=O)CCCCCCC/C=C\C/C=C\CCCCC. The second kappa shape index (κ2) is 50.0. The third kappa shape index (κ3) is 47.4. The minimum absolute atomic E-state index is 0.106. The van der Waals surface area contributed by atoms with Crippen molar-refractivity contribution in [1.29, 1.82) is 0 Å². The Labute approximate surface area is 381 Å². The van der Waals surface area contributed by atoms with Crippen LogP contribution in [-0.2, 0) is 28.6 Å². The van der Waals surface area contributed by atoms with E-state index in [4.69, 9.17) is 14.2 Å². The molecule has 0 unspecified atom stereocenters. The molecule has 6 heteroatoms. The summed E-state index contributed by atoms with van der Waals surface area (Å²) >= 11 is 0. The van der Waals surface area contributed by atoms with E-state index >= 15 is 0 Å². The van der Waals surface area contributed by atoms with Crippen LogP contribution in [0.4, 0.5) is 0 Å². The molecule has 0 fully saturated rings. The predicted molar refractivity (Wildman–Crippen MR) is 265 cm³/mol. The van der Waals surface area contributed by atoms with Crippen LogP contribution in [0.3, 0.4) is 0 Å². The summed E-state index contributed by atoms with van der Waals surface area (Å²) in [5.41, 5.74) is 0. The topological polar surface area (TPSA) is 78.9 Å². The van der Waals surface area contributed by atoms with Gasteiger partial charge >= 0.3 is 17.9 Å². The van der Waals surface area contributed by atoms with Crippen molar-refractivity contribution in [2.24, 2.45) is 0 Å². The number of hydrogen-bond donors (Lipinski definition) is 0. The van der Waals surface area contributed by atoms with Crippen LogP contribution in [0.1, 0.15) is 220 Å². The number of ether oxygens (including phenoxy) is 3. The second-order valence-corrected chi connectivity index (χ2v) is 16.3. The van der Waals surface area contributed by atoms with Crippen molar-refractivity contribution in [3.05, 3.63) is 97.2 Å². The Balaban J connectivity index is 4.51. The van der Waals surface area contributed by atoms with Gasteiger partial charge in [0.2, 0.25) is 0 Å². The lowest BCUT2D eigenvalue weighted by atomic mass is 10.1. The number of esters is 3. The first-order valence-electron chi connectivity index (χ1n) is 25.2. The molecule has 6 nitrogen and oxygen atoms in total. The van der Waals surface area contributed by atoms with Crippen molar-refractivity contribution in [1.82, 2.24) is 0 Å². The van der Waals surface area contributed by atoms with Crippen LogP contribution in [0.2, 0.25) is 0 Å². The van der Waals surface area contributed by atoms with E-state index in [1.807, 2.05) is 12.2 Å². The molecule has 352 valence electrons. The van der Waals surface area contributed by atoms with Crippen LogP contribution in [0.25, 0.3) is 0 Å². The second-order valence-electron chi connectivity index (χ2n) is 16.3. The van der Waals surface area contributed by atoms with E-state index in [2.05, 4.69) is 106 Å². The minimum Gasteiger partial charge on any atom is -0.462 e. The Hall–Kier alpha value is -3.67. The van der Waals surface area contributed by atoms with Gasteiger partial charge < -0.3 is 14.2 Å². The zero-order chi connectivity index (χ0) is 45.1. The van der Waals surface area contributed by atoms with Gasteiger partial charge in [-0.1, -0.05) is 208 Å². The lowest BCUT2D eigenvalue weighted by molar-refractivity contribution is -0.166. The van der Waals surface area contributed by atoms with Crippen molar-refractivity contribution in [3.63, 3.8) is 0 Å². The van der Waals surface area contributed by atoms with E-state index in [0.717, 1.165) is 103 Å². The molecule has 0 N–H and O–H groups in total. The van der Waals surface area contributed by atoms with Crippen molar-refractivity contribution in [2.45, 2.75) is 226 Å². The molecule has 62 heavy (non-hydrogen) atoms. The zero-order valence-electron chi connectivity index (χ0n) is 40.1. The molecule has 1 atom stereocenters. The first-order valence-corrected chi connectivity index (χ1v) is 25.2. The summed E-state index contributed by atoms with van der Waals surface area (Å²) in [7, 11) is 0. The summed E-state index contributed by atoms with van der Waals surface area (Å²) in [5.74, 6) is -1.01. The summed E-state index contributed by atoms with van der Waals surface area (Å²) in [5, 5.41) is 0. The van der Waals surface area contributed by atoms with E-state index in [1.165, 1.54) is 70.6 Å². The van der Waals surface area contributed by atoms with Gasteiger partial charge in [-0.05, 0) is 89.9 Å². The molecule has 0 heterocycles. The molecule has 0 aliphatic carbocycles. The number of hydrogen-bond acceptors (Lipinski definition) is 6. The fraction of sp³-hybridized carbons (Fsp3) is 0.661. The maximum Gasteiger partial charge on any atom is 0.306 e. The molecule has 0 aliphatic rings. The summed E-state index contributed by atoms with van der Waals surface area (Å²) in [6.07, 6.45) is 65.4. The monoisotopic (exact) mass is 861 g/mol. The van der Waals surface area contributed by atoms with Crippen LogP contribution in [0.15, 0.2) is 97.2 Å². The minimum atomic E-state index is -0.813. The summed E-state index contributed by atoms with van der Waals surface area (Å²) < 4.78 is 16.7. The summed E-state index contributed by atoms with van der Waals surface area (Å²) in [4.78, 5) is 37.9. The molecule has 0 rings (SSSR count). The number of unbranched alkanes of at least 4 members (excludes halogenated alkanes) is 17. The van der Waals surface area contributed by atoms with Crippen molar-refractivity contribution < 1.29 is 28.6 Å². The van der Waals surface area contributed by atoms with Gasteiger partial charge in [0.15, 0.2) is 6.10 Å². The van der Waals surface area contributed by atoms with E-state index in [-0.39, 0.29) is 37.5 Å². The number of carbonyl (C=O) groups is 3. The quantitative estimate of drug-likeness (QED) is 0.0263. The van der Waals surface area contributed by atoms with Gasteiger partial charge in [-0.2, -0.15) is 0 Å². The smallest absolute Gasteiger partial charge is 0.306 e. The molecular weight excluding hydrogens is 769 g/mol. The van der Waals surface area contributed by atoms with Gasteiger partial charge in [0.05, 0.1) is 0 Å². The molecule has 0 bridgehead atoms. The number of allylic oxidation sites excluding steroid dienone is 16. The molecule has 0 spiro atoms. The van der Waals surface area contributed by atoms with Gasteiger partial charge in [-0.15, -0.1) is 0 Å². The van der Waals surface area contributed by atoms with Gasteiger partial charge in [0.1, 0.15) is 13.2 Å². The molecule has 0 aliphatic heterocycles. The first-order chi connectivity index (χ1) is 30.5. The highest BCUT2D eigenvalue weighted by molar-refractivity contribution is 5.71. The Kier molecular flexibility index (Phi) is 47.0. The highest BCUT2D eigenvalue weighted by atomic mass is 16.6. The van der Waals surface area contributed by atoms with Crippen LogP contribution in [0, 0.1) is 0 Å². The maximum atomic E-state index is 12.8. The fourth-order valence-corrected chi connectivity index (χ4v) is 6.56. The van der Waals surface area contributed by atoms with E-state index in [0.29, 0.717) is 19.3 Å².